The average Bonchev–Trinajstić information content (AvgIpc) is 3.51. The Morgan fingerprint density at radius 1 is 0.731 bits per heavy atom. The third kappa shape index (κ3) is 8.56. The fourth-order valence-electron chi connectivity index (χ4n) is 6.38. The van der Waals surface area contributed by atoms with E-state index in [4.69, 9.17) is 4.98 Å². The molecule has 0 unspecified atom stereocenters. The van der Waals surface area contributed by atoms with Crippen molar-refractivity contribution < 1.29 is 20.1 Å². The van der Waals surface area contributed by atoms with Gasteiger partial charge in [0.2, 0.25) is 0 Å². The second-order valence-electron chi connectivity index (χ2n) is 16.2. The normalized spacial score (nSPS) is 11.8. The van der Waals surface area contributed by atoms with Crippen LogP contribution in [0.2, 0.25) is 19.6 Å². The summed E-state index contributed by atoms with van der Waals surface area (Å²) in [4.78, 5) is 9.39. The Kier molecular flexibility index (Phi) is 12.2. The molecule has 0 bridgehead atoms. The van der Waals surface area contributed by atoms with Crippen molar-refractivity contribution in [1.29, 1.82) is 0 Å². The minimum Gasteiger partial charge on any atom is -0.305 e. The Balaban J connectivity index is 0.000000217. The van der Waals surface area contributed by atoms with Crippen molar-refractivity contribution in [3.05, 3.63) is 138 Å². The summed E-state index contributed by atoms with van der Waals surface area (Å²) in [6, 6.07) is 41.5. The molecule has 2 nitrogen and oxygen atoms in total. The van der Waals surface area contributed by atoms with Crippen molar-refractivity contribution in [2.45, 2.75) is 85.4 Å². The Morgan fingerprint density at radius 2 is 1.48 bits per heavy atom. The van der Waals surface area contributed by atoms with E-state index in [1.54, 1.807) is 0 Å². The fraction of sp³-hybridized carbons (Fsp3) is 0.277. The molecule has 0 aliphatic heterocycles. The zero-order chi connectivity index (χ0) is 36.5. The van der Waals surface area contributed by atoms with Crippen LogP contribution in [0.15, 0.2) is 109 Å². The van der Waals surface area contributed by atoms with Crippen molar-refractivity contribution in [1.82, 2.24) is 9.97 Å². The largest absolute Gasteiger partial charge is 0.305 e. The van der Waals surface area contributed by atoms with E-state index in [0.717, 1.165) is 22.5 Å². The Labute approximate surface area is 330 Å². The standard InChI is InChI=1S/C29H26NS.C18H24NSi.Ir/c1-18(2)21-15-16-30-26(17-21)24-14-13-23(20-9-6-5-7-10-20)27-25-12-8-11-22(19(3)4)28(25)31-29(24)27;1-18(2,3)15-9-7-8-14(12-15)17-11-10-16(13-19-17)20(4,5)6;/h5-13,15-19H,1-4H3;7,9-13H,1-6H3;/q2*-1;. The van der Waals surface area contributed by atoms with Crippen LogP contribution in [0.1, 0.15) is 77.0 Å². The van der Waals surface area contributed by atoms with Crippen LogP contribution in [-0.2, 0) is 25.5 Å². The Morgan fingerprint density at radius 3 is 2.12 bits per heavy atom. The number of thiophene rings is 1. The van der Waals surface area contributed by atoms with Crippen LogP contribution in [0.25, 0.3) is 53.8 Å². The molecule has 0 aliphatic carbocycles. The van der Waals surface area contributed by atoms with Crippen LogP contribution in [0, 0.1) is 12.1 Å². The molecule has 3 aromatic heterocycles. The molecule has 0 saturated heterocycles. The molecule has 7 rings (SSSR count). The van der Waals surface area contributed by atoms with Gasteiger partial charge in [0.1, 0.15) is 0 Å². The van der Waals surface area contributed by atoms with Crippen LogP contribution in [0.5, 0.6) is 0 Å². The Hall–Kier alpha value is -3.73. The van der Waals surface area contributed by atoms with Gasteiger partial charge in [-0.3, -0.25) is 0 Å². The maximum atomic E-state index is 4.75. The molecule has 0 amide bonds. The summed E-state index contributed by atoms with van der Waals surface area (Å²) >= 11 is 1.89. The first-order valence-corrected chi connectivity index (χ1v) is 22.4. The molecule has 269 valence electrons. The summed E-state index contributed by atoms with van der Waals surface area (Å²) in [6.07, 6.45) is 3.97. The second kappa shape index (κ2) is 16.1. The van der Waals surface area contributed by atoms with Crippen LogP contribution >= 0.6 is 11.3 Å². The van der Waals surface area contributed by atoms with E-state index in [0.29, 0.717) is 11.8 Å². The summed E-state index contributed by atoms with van der Waals surface area (Å²) in [5.41, 5.74) is 10.9. The number of pyridine rings is 2. The minimum absolute atomic E-state index is 0. The molecule has 4 aromatic carbocycles. The van der Waals surface area contributed by atoms with Crippen molar-refractivity contribution in [3.8, 4) is 33.6 Å². The number of hydrogen-bond acceptors (Lipinski definition) is 3. The summed E-state index contributed by atoms with van der Waals surface area (Å²) in [6.45, 7) is 22.7. The van der Waals surface area contributed by atoms with Crippen molar-refractivity contribution in [2.75, 3.05) is 0 Å². The molecule has 0 fully saturated rings. The summed E-state index contributed by atoms with van der Waals surface area (Å²) in [5, 5.41) is 4.05. The Bertz CT molecular complexity index is 2270. The third-order valence-corrected chi connectivity index (χ3v) is 12.9. The molecule has 0 N–H and O–H groups in total. The summed E-state index contributed by atoms with van der Waals surface area (Å²) in [5.74, 6) is 0.947. The van der Waals surface area contributed by atoms with Crippen molar-refractivity contribution in [2.24, 2.45) is 0 Å². The number of fused-ring (bicyclic) bond motifs is 3. The molecule has 52 heavy (non-hydrogen) atoms. The number of aromatic nitrogens is 2. The zero-order valence-corrected chi connectivity index (χ0v) is 36.4. The third-order valence-electron chi connectivity index (χ3n) is 9.59. The molecule has 0 atom stereocenters. The smallest absolute Gasteiger partial charge is 0.0795 e. The van der Waals surface area contributed by atoms with Gasteiger partial charge in [-0.05, 0) is 55.5 Å². The van der Waals surface area contributed by atoms with E-state index in [-0.39, 0.29) is 25.5 Å². The predicted molar refractivity (Wildman–Crippen MR) is 225 cm³/mol. The predicted octanol–water partition coefficient (Wildman–Crippen LogP) is 13.2. The zero-order valence-electron chi connectivity index (χ0n) is 32.2. The fourth-order valence-corrected chi connectivity index (χ4v) is 8.91. The first-order chi connectivity index (χ1) is 24.2. The minimum atomic E-state index is -1.27. The van der Waals surface area contributed by atoms with Gasteiger partial charge in [-0.2, -0.15) is 11.3 Å². The van der Waals surface area contributed by atoms with Gasteiger partial charge in [-0.25, -0.2) is 0 Å². The quantitative estimate of drug-likeness (QED) is 0.123. The monoisotopic (exact) mass is 895 g/mol. The van der Waals surface area contributed by atoms with Gasteiger partial charge in [0.05, 0.1) is 8.07 Å². The first kappa shape index (κ1) is 39.5. The van der Waals surface area contributed by atoms with E-state index < -0.39 is 8.07 Å². The average molecular weight is 895 g/mol. The molecule has 7 aromatic rings. The second-order valence-corrected chi connectivity index (χ2v) is 22.3. The molecule has 0 aliphatic rings. The molecular weight excluding hydrogens is 845 g/mol. The molecular formula is C47H50IrN2SSi-2. The number of rotatable bonds is 6. The topological polar surface area (TPSA) is 25.8 Å². The van der Waals surface area contributed by atoms with Crippen LogP contribution in [0.4, 0.5) is 0 Å². The molecule has 1 radical (unpaired) electrons. The van der Waals surface area contributed by atoms with Gasteiger partial charge in [-0.15, -0.1) is 53.1 Å². The van der Waals surface area contributed by atoms with Crippen LogP contribution < -0.4 is 5.19 Å². The van der Waals surface area contributed by atoms with E-state index in [1.807, 2.05) is 29.8 Å². The van der Waals surface area contributed by atoms with E-state index in [2.05, 4.69) is 176 Å². The summed E-state index contributed by atoms with van der Waals surface area (Å²) < 4.78 is 2.66. The molecule has 5 heteroatoms. The van der Waals surface area contributed by atoms with Crippen molar-refractivity contribution in [3.63, 3.8) is 0 Å². The first-order valence-electron chi connectivity index (χ1n) is 18.1. The van der Waals surface area contributed by atoms with Gasteiger partial charge in [0.15, 0.2) is 0 Å². The van der Waals surface area contributed by atoms with Gasteiger partial charge in [0, 0.05) is 37.2 Å². The van der Waals surface area contributed by atoms with Crippen LogP contribution in [-0.4, -0.2) is 18.0 Å². The molecule has 0 saturated carbocycles. The SMILES string of the molecule is CC(C)(C)c1cc[c-]c(-c2ccc([Si](C)(C)C)cn2)c1.CC(C)c1ccnc(-c2[c-]cc(-c3ccccc3)c3c2sc2c(C(C)C)cccc23)c1.[Ir]. The maximum absolute atomic E-state index is 4.75. The number of benzene rings is 4. The van der Waals surface area contributed by atoms with Gasteiger partial charge in [-0.1, -0.05) is 157 Å². The van der Waals surface area contributed by atoms with Crippen molar-refractivity contribution >= 4 is 44.8 Å². The maximum Gasteiger partial charge on any atom is 0.0795 e. The molecule has 3 heterocycles. The van der Waals surface area contributed by atoms with E-state index in [9.17, 15) is 0 Å². The van der Waals surface area contributed by atoms with E-state index >= 15 is 0 Å². The van der Waals surface area contributed by atoms with Crippen LogP contribution in [0.3, 0.4) is 0 Å². The van der Waals surface area contributed by atoms with Gasteiger partial charge in [0.25, 0.3) is 0 Å². The number of nitrogens with zero attached hydrogens (tertiary/aromatic N) is 2. The van der Waals surface area contributed by atoms with Gasteiger partial charge < -0.3 is 9.97 Å². The van der Waals surface area contributed by atoms with E-state index in [1.165, 1.54) is 53.2 Å². The van der Waals surface area contributed by atoms with Gasteiger partial charge >= 0.3 is 0 Å². The number of hydrogen-bond donors (Lipinski definition) is 0. The summed E-state index contributed by atoms with van der Waals surface area (Å²) in [7, 11) is -1.27. The molecule has 0 spiro atoms.